The molecule has 7 heteroatoms. The van der Waals surface area contributed by atoms with Gasteiger partial charge in [0, 0.05) is 0 Å². The van der Waals surface area contributed by atoms with Crippen molar-refractivity contribution >= 4 is 33.3 Å². The van der Waals surface area contributed by atoms with Gasteiger partial charge in [0.25, 0.3) is 0 Å². The summed E-state index contributed by atoms with van der Waals surface area (Å²) in [5, 5.41) is 11.2. The first kappa shape index (κ1) is 18.8. The Hall–Kier alpha value is -2.22. The van der Waals surface area contributed by atoms with Crippen LogP contribution in [0.2, 0.25) is 0 Å². The number of fused-ring (bicyclic) bond motifs is 1. The summed E-state index contributed by atoms with van der Waals surface area (Å²) >= 11 is 3.49. The predicted octanol–water partition coefficient (Wildman–Crippen LogP) is 4.82. The molecule has 1 saturated heterocycles. The van der Waals surface area contributed by atoms with E-state index >= 15 is 0 Å². The molecule has 3 heterocycles. The first-order valence-electron chi connectivity index (χ1n) is 10.0. The number of hydrogen-bond donors (Lipinski definition) is 0. The summed E-state index contributed by atoms with van der Waals surface area (Å²) in [6, 6.07) is 18.9. The van der Waals surface area contributed by atoms with Gasteiger partial charge < -0.3 is 4.57 Å². The molecule has 1 aliphatic heterocycles. The number of benzene rings is 2. The Balaban J connectivity index is 1.37. The normalized spacial score (nSPS) is 14.8. The fraction of sp³-hybridized carbons (Fsp3) is 0.318. The van der Waals surface area contributed by atoms with Crippen LogP contribution in [0.15, 0.2) is 59.8 Å². The molecule has 0 aliphatic carbocycles. The van der Waals surface area contributed by atoms with Crippen LogP contribution in [0.5, 0.6) is 0 Å². The second-order valence-electron chi connectivity index (χ2n) is 7.32. The first-order chi connectivity index (χ1) is 14.3. The summed E-state index contributed by atoms with van der Waals surface area (Å²) in [6.07, 6.45) is 2.57. The molecule has 0 unspecified atom stereocenters. The van der Waals surface area contributed by atoms with Gasteiger partial charge in [0.15, 0.2) is 5.16 Å². The third-order valence-electron chi connectivity index (χ3n) is 5.20. The van der Waals surface area contributed by atoms with E-state index in [0.29, 0.717) is 0 Å². The SMILES string of the molecule is c1ccc(Cn2c(CN3CCCC3)nnc2SCc2nc3ccccc3s2)cc1. The summed E-state index contributed by atoms with van der Waals surface area (Å²) in [5.74, 6) is 1.87. The highest BCUT2D eigenvalue weighted by Gasteiger charge is 2.19. The fourth-order valence-corrected chi connectivity index (χ4v) is 5.63. The van der Waals surface area contributed by atoms with E-state index < -0.39 is 0 Å². The Morgan fingerprint density at radius 1 is 0.897 bits per heavy atom. The van der Waals surface area contributed by atoms with E-state index in [9.17, 15) is 0 Å². The van der Waals surface area contributed by atoms with Crippen LogP contribution in [-0.4, -0.2) is 37.7 Å². The van der Waals surface area contributed by atoms with Crippen molar-refractivity contribution in [1.29, 1.82) is 0 Å². The number of thiazole rings is 1. The third-order valence-corrected chi connectivity index (χ3v) is 7.40. The molecule has 0 atom stereocenters. The van der Waals surface area contributed by atoms with Crippen LogP contribution in [0.1, 0.15) is 29.2 Å². The van der Waals surface area contributed by atoms with Gasteiger partial charge in [0.05, 0.1) is 29.1 Å². The van der Waals surface area contributed by atoms with E-state index in [1.807, 2.05) is 6.07 Å². The quantitative estimate of drug-likeness (QED) is 0.400. The number of hydrogen-bond acceptors (Lipinski definition) is 6. The lowest BCUT2D eigenvalue weighted by atomic mass is 10.2. The molecule has 1 aliphatic rings. The molecule has 0 saturated carbocycles. The summed E-state index contributed by atoms with van der Waals surface area (Å²) < 4.78 is 3.52. The summed E-state index contributed by atoms with van der Waals surface area (Å²) in [4.78, 5) is 7.24. The smallest absolute Gasteiger partial charge is 0.191 e. The Labute approximate surface area is 178 Å². The van der Waals surface area contributed by atoms with E-state index in [1.165, 1.54) is 23.1 Å². The predicted molar refractivity (Wildman–Crippen MR) is 119 cm³/mol. The third kappa shape index (κ3) is 4.37. The molecule has 5 nitrogen and oxygen atoms in total. The fourth-order valence-electron chi connectivity index (χ4n) is 3.72. The highest BCUT2D eigenvalue weighted by Crippen LogP contribution is 2.28. The van der Waals surface area contributed by atoms with Crippen molar-refractivity contribution in [2.24, 2.45) is 0 Å². The molecular formula is C22H23N5S2. The molecule has 148 valence electrons. The zero-order chi connectivity index (χ0) is 19.5. The second kappa shape index (κ2) is 8.65. The molecule has 2 aromatic heterocycles. The topological polar surface area (TPSA) is 46.8 Å². The molecule has 0 bridgehead atoms. The van der Waals surface area contributed by atoms with Crippen LogP contribution in [0, 0.1) is 0 Å². The van der Waals surface area contributed by atoms with Crippen molar-refractivity contribution in [1.82, 2.24) is 24.6 Å². The van der Waals surface area contributed by atoms with Gasteiger partial charge in [-0.05, 0) is 43.6 Å². The van der Waals surface area contributed by atoms with Crippen LogP contribution in [0.25, 0.3) is 10.2 Å². The number of likely N-dealkylation sites (tertiary alicyclic amines) is 1. The maximum absolute atomic E-state index is 4.76. The summed E-state index contributed by atoms with van der Waals surface area (Å²) in [6.45, 7) is 4.00. The van der Waals surface area contributed by atoms with Gasteiger partial charge in [0.2, 0.25) is 0 Å². The average Bonchev–Trinajstić information content (AvgIpc) is 3.48. The van der Waals surface area contributed by atoms with Gasteiger partial charge in [-0.1, -0.05) is 54.2 Å². The van der Waals surface area contributed by atoms with E-state index in [1.54, 1.807) is 23.1 Å². The Morgan fingerprint density at radius 3 is 2.52 bits per heavy atom. The average molecular weight is 422 g/mol. The van der Waals surface area contributed by atoms with Crippen LogP contribution >= 0.6 is 23.1 Å². The molecule has 0 spiro atoms. The Kier molecular flexibility index (Phi) is 5.60. The van der Waals surface area contributed by atoms with Crippen molar-refractivity contribution in [2.45, 2.75) is 36.8 Å². The van der Waals surface area contributed by atoms with Gasteiger partial charge in [-0.3, -0.25) is 4.90 Å². The molecule has 0 amide bonds. The molecule has 2 aromatic carbocycles. The van der Waals surface area contributed by atoms with Gasteiger partial charge in [-0.2, -0.15) is 0 Å². The van der Waals surface area contributed by atoms with Crippen LogP contribution in [0.3, 0.4) is 0 Å². The molecule has 29 heavy (non-hydrogen) atoms. The van der Waals surface area contributed by atoms with E-state index in [0.717, 1.165) is 53.4 Å². The number of rotatable bonds is 7. The highest BCUT2D eigenvalue weighted by molar-refractivity contribution is 7.98. The first-order valence-corrected chi connectivity index (χ1v) is 11.8. The van der Waals surface area contributed by atoms with Gasteiger partial charge in [0.1, 0.15) is 10.8 Å². The van der Waals surface area contributed by atoms with Gasteiger partial charge in [-0.15, -0.1) is 21.5 Å². The molecule has 1 fully saturated rings. The maximum Gasteiger partial charge on any atom is 0.191 e. The van der Waals surface area contributed by atoms with Crippen molar-refractivity contribution in [3.8, 4) is 0 Å². The van der Waals surface area contributed by atoms with Crippen LogP contribution in [0.4, 0.5) is 0 Å². The molecule has 4 aromatic rings. The lowest BCUT2D eigenvalue weighted by Crippen LogP contribution is -2.21. The minimum atomic E-state index is 0.805. The van der Waals surface area contributed by atoms with Crippen LogP contribution in [-0.2, 0) is 18.8 Å². The van der Waals surface area contributed by atoms with E-state index in [-0.39, 0.29) is 0 Å². The van der Waals surface area contributed by atoms with E-state index in [4.69, 9.17) is 4.98 Å². The summed E-state index contributed by atoms with van der Waals surface area (Å²) in [7, 11) is 0. The number of nitrogens with zero attached hydrogens (tertiary/aromatic N) is 5. The van der Waals surface area contributed by atoms with E-state index in [2.05, 4.69) is 68.2 Å². The number of thioether (sulfide) groups is 1. The van der Waals surface area contributed by atoms with Crippen LogP contribution < -0.4 is 0 Å². The highest BCUT2D eigenvalue weighted by atomic mass is 32.2. The lowest BCUT2D eigenvalue weighted by molar-refractivity contribution is 0.316. The zero-order valence-electron chi connectivity index (χ0n) is 16.2. The van der Waals surface area contributed by atoms with Gasteiger partial charge >= 0.3 is 0 Å². The minimum Gasteiger partial charge on any atom is -0.300 e. The summed E-state index contributed by atoms with van der Waals surface area (Å²) in [5.41, 5.74) is 2.35. The van der Waals surface area contributed by atoms with Gasteiger partial charge in [-0.25, -0.2) is 4.98 Å². The van der Waals surface area contributed by atoms with Crippen molar-refractivity contribution in [3.05, 3.63) is 71.0 Å². The number of para-hydroxylation sites is 1. The Morgan fingerprint density at radius 2 is 1.69 bits per heavy atom. The van der Waals surface area contributed by atoms with Crippen molar-refractivity contribution in [3.63, 3.8) is 0 Å². The standard InChI is InChI=1S/C22H23N5S2/c1-2-8-17(9-3-1)14-27-20(15-26-12-6-7-13-26)24-25-22(27)28-16-21-23-18-10-4-5-11-19(18)29-21/h1-5,8-11H,6-7,12-16H2. The van der Waals surface area contributed by atoms with Crippen molar-refractivity contribution in [2.75, 3.05) is 13.1 Å². The molecule has 5 rings (SSSR count). The Bertz CT molecular complexity index is 1050. The monoisotopic (exact) mass is 421 g/mol. The molecule has 0 radical (unpaired) electrons. The molecular weight excluding hydrogens is 398 g/mol. The molecule has 0 N–H and O–H groups in total. The maximum atomic E-state index is 4.76. The minimum absolute atomic E-state index is 0.805. The van der Waals surface area contributed by atoms with Crippen molar-refractivity contribution < 1.29 is 0 Å². The lowest BCUT2D eigenvalue weighted by Gasteiger charge is -2.16. The largest absolute Gasteiger partial charge is 0.300 e. The zero-order valence-corrected chi connectivity index (χ0v) is 17.8. The second-order valence-corrected chi connectivity index (χ2v) is 9.38. The number of aromatic nitrogens is 4.